The fourth-order valence-electron chi connectivity index (χ4n) is 4.87. The van der Waals surface area contributed by atoms with E-state index < -0.39 is 0 Å². The first kappa shape index (κ1) is 30.5. The molecule has 0 aliphatic heterocycles. The van der Waals surface area contributed by atoms with Gasteiger partial charge in [0.25, 0.3) is 0 Å². The SMILES string of the molecule is CCCN(CCC)CCCCN(CC(=O)OCC)Cc1ccc(CN(Cc2ncc[nH]2)Cc2ncc[nH]2)cc1. The van der Waals surface area contributed by atoms with Crippen molar-refractivity contribution in [3.05, 3.63) is 71.8 Å². The Hall–Kier alpha value is -3.01. The molecule has 0 amide bonds. The number of imidazole rings is 2. The predicted molar refractivity (Wildman–Crippen MR) is 155 cm³/mol. The van der Waals surface area contributed by atoms with E-state index in [1.165, 1.54) is 24.0 Å². The van der Waals surface area contributed by atoms with Crippen LogP contribution < -0.4 is 0 Å². The van der Waals surface area contributed by atoms with Gasteiger partial charge >= 0.3 is 5.97 Å². The summed E-state index contributed by atoms with van der Waals surface area (Å²) >= 11 is 0. The van der Waals surface area contributed by atoms with E-state index in [-0.39, 0.29) is 5.97 Å². The quantitative estimate of drug-likeness (QED) is 0.161. The van der Waals surface area contributed by atoms with Crippen LogP contribution in [0.4, 0.5) is 0 Å². The monoisotopic (exact) mass is 537 g/mol. The van der Waals surface area contributed by atoms with Gasteiger partial charge in [0.05, 0.1) is 26.2 Å². The topological polar surface area (TPSA) is 93.4 Å². The zero-order chi connectivity index (χ0) is 27.7. The summed E-state index contributed by atoms with van der Waals surface area (Å²) in [5.41, 5.74) is 2.42. The Balaban J connectivity index is 1.57. The molecule has 214 valence electrons. The molecule has 0 aliphatic rings. The van der Waals surface area contributed by atoms with Crippen molar-refractivity contribution in [3.63, 3.8) is 0 Å². The molecule has 2 heterocycles. The van der Waals surface area contributed by atoms with E-state index in [4.69, 9.17) is 4.74 Å². The number of H-pyrrole nitrogens is 2. The summed E-state index contributed by atoms with van der Waals surface area (Å²) in [7, 11) is 0. The van der Waals surface area contributed by atoms with E-state index in [1.807, 2.05) is 19.3 Å². The summed E-state index contributed by atoms with van der Waals surface area (Å²) in [5.74, 6) is 1.71. The standard InChI is InChI=1S/C30H47N7O2/c1-4-17-35(18-5-2)19-7-8-20-36(25-30(38)39-6-3)21-26-9-11-27(12-10-26)22-37(23-28-31-13-14-32-28)24-29-33-15-16-34-29/h9-16H,4-8,17-25H2,1-3H3,(H,31,32)(H,33,34). The maximum absolute atomic E-state index is 12.3. The molecule has 0 saturated heterocycles. The lowest BCUT2D eigenvalue weighted by Gasteiger charge is -2.24. The van der Waals surface area contributed by atoms with Crippen molar-refractivity contribution in [2.75, 3.05) is 39.3 Å². The first-order chi connectivity index (χ1) is 19.1. The Morgan fingerprint density at radius 2 is 1.23 bits per heavy atom. The highest BCUT2D eigenvalue weighted by atomic mass is 16.5. The van der Waals surface area contributed by atoms with E-state index >= 15 is 0 Å². The lowest BCUT2D eigenvalue weighted by Crippen LogP contribution is -2.32. The highest BCUT2D eigenvalue weighted by Crippen LogP contribution is 2.14. The lowest BCUT2D eigenvalue weighted by molar-refractivity contribution is -0.144. The number of benzene rings is 1. The summed E-state index contributed by atoms with van der Waals surface area (Å²) < 4.78 is 5.26. The fraction of sp³-hybridized carbons (Fsp3) is 0.567. The molecule has 0 unspecified atom stereocenters. The largest absolute Gasteiger partial charge is 0.465 e. The Kier molecular flexibility index (Phi) is 13.7. The van der Waals surface area contributed by atoms with Gasteiger partial charge in [0.1, 0.15) is 11.6 Å². The number of rotatable bonds is 20. The minimum Gasteiger partial charge on any atom is -0.465 e. The molecular formula is C30H47N7O2. The number of ether oxygens (including phenoxy) is 1. The third-order valence-corrected chi connectivity index (χ3v) is 6.63. The smallest absolute Gasteiger partial charge is 0.320 e. The number of nitrogens with one attached hydrogen (secondary N) is 2. The molecule has 0 aliphatic carbocycles. The highest BCUT2D eigenvalue weighted by molar-refractivity contribution is 5.71. The van der Waals surface area contributed by atoms with Crippen LogP contribution >= 0.6 is 0 Å². The number of nitrogens with zero attached hydrogens (tertiary/aromatic N) is 5. The highest BCUT2D eigenvalue weighted by Gasteiger charge is 2.14. The molecule has 1 aromatic carbocycles. The number of hydrogen-bond acceptors (Lipinski definition) is 7. The molecule has 2 N–H and O–H groups in total. The molecule has 2 aromatic heterocycles. The van der Waals surface area contributed by atoms with Crippen LogP contribution in [0, 0.1) is 0 Å². The van der Waals surface area contributed by atoms with Gasteiger partial charge in [0.2, 0.25) is 0 Å². The molecule has 0 radical (unpaired) electrons. The van der Waals surface area contributed by atoms with Gasteiger partial charge < -0.3 is 19.6 Å². The fourth-order valence-corrected chi connectivity index (χ4v) is 4.87. The van der Waals surface area contributed by atoms with E-state index in [2.05, 4.69) is 72.7 Å². The number of carbonyl (C=O) groups is 1. The molecule has 39 heavy (non-hydrogen) atoms. The average Bonchev–Trinajstić information content (AvgIpc) is 3.63. The summed E-state index contributed by atoms with van der Waals surface area (Å²) in [4.78, 5) is 34.6. The molecule has 3 rings (SSSR count). The number of aromatic amines is 2. The van der Waals surface area contributed by atoms with Crippen LogP contribution in [0.5, 0.6) is 0 Å². The lowest BCUT2D eigenvalue weighted by atomic mass is 10.1. The summed E-state index contributed by atoms with van der Waals surface area (Å²) in [5, 5.41) is 0. The van der Waals surface area contributed by atoms with Crippen molar-refractivity contribution in [1.82, 2.24) is 34.6 Å². The Bertz CT molecular complexity index is 980. The van der Waals surface area contributed by atoms with Crippen molar-refractivity contribution in [2.24, 2.45) is 0 Å². The van der Waals surface area contributed by atoms with Gasteiger partial charge in [-0.3, -0.25) is 14.6 Å². The number of aromatic nitrogens is 4. The van der Waals surface area contributed by atoms with Crippen LogP contribution in [0.2, 0.25) is 0 Å². The van der Waals surface area contributed by atoms with Gasteiger partial charge in [-0.15, -0.1) is 0 Å². The zero-order valence-electron chi connectivity index (χ0n) is 24.1. The van der Waals surface area contributed by atoms with Crippen molar-refractivity contribution in [1.29, 1.82) is 0 Å². The van der Waals surface area contributed by atoms with Crippen molar-refractivity contribution < 1.29 is 9.53 Å². The van der Waals surface area contributed by atoms with Gasteiger partial charge in [-0.1, -0.05) is 38.1 Å². The van der Waals surface area contributed by atoms with Crippen LogP contribution in [0.1, 0.15) is 69.2 Å². The van der Waals surface area contributed by atoms with E-state index in [9.17, 15) is 4.79 Å². The molecule has 0 saturated carbocycles. The Labute approximate surface area is 234 Å². The summed E-state index contributed by atoms with van der Waals surface area (Å²) in [6, 6.07) is 8.72. The molecule has 0 spiro atoms. The third-order valence-electron chi connectivity index (χ3n) is 6.63. The van der Waals surface area contributed by atoms with E-state index in [0.717, 1.165) is 63.8 Å². The number of hydrogen-bond donors (Lipinski definition) is 2. The molecule has 3 aromatic rings. The average molecular weight is 538 g/mol. The Morgan fingerprint density at radius 3 is 1.69 bits per heavy atom. The minimum atomic E-state index is -0.154. The van der Waals surface area contributed by atoms with Gasteiger partial charge in [-0.25, -0.2) is 9.97 Å². The maximum atomic E-state index is 12.3. The maximum Gasteiger partial charge on any atom is 0.320 e. The summed E-state index contributed by atoms with van der Waals surface area (Å²) in [6.07, 6.45) is 11.8. The van der Waals surface area contributed by atoms with Crippen molar-refractivity contribution in [2.45, 2.75) is 72.6 Å². The second kappa shape index (κ2) is 17.6. The molecule has 9 heteroatoms. The second-order valence-electron chi connectivity index (χ2n) is 10.1. The van der Waals surface area contributed by atoms with Crippen LogP contribution in [0.15, 0.2) is 49.1 Å². The number of carbonyl (C=O) groups excluding carboxylic acids is 1. The Morgan fingerprint density at radius 1 is 0.718 bits per heavy atom. The predicted octanol–water partition coefficient (Wildman–Crippen LogP) is 4.60. The van der Waals surface area contributed by atoms with Gasteiger partial charge in [0.15, 0.2) is 0 Å². The third kappa shape index (κ3) is 11.7. The van der Waals surface area contributed by atoms with Crippen LogP contribution in [-0.2, 0) is 35.7 Å². The molecule has 0 fully saturated rings. The van der Waals surface area contributed by atoms with Crippen LogP contribution in [0.3, 0.4) is 0 Å². The van der Waals surface area contributed by atoms with Crippen molar-refractivity contribution in [3.8, 4) is 0 Å². The van der Waals surface area contributed by atoms with E-state index in [0.29, 0.717) is 26.2 Å². The van der Waals surface area contributed by atoms with Gasteiger partial charge in [-0.2, -0.15) is 0 Å². The molecule has 9 nitrogen and oxygen atoms in total. The molecular weight excluding hydrogens is 490 g/mol. The summed E-state index contributed by atoms with van der Waals surface area (Å²) in [6.45, 7) is 14.3. The van der Waals surface area contributed by atoms with E-state index in [1.54, 1.807) is 12.4 Å². The molecule has 0 bridgehead atoms. The number of unbranched alkanes of at least 4 members (excludes halogenated alkanes) is 1. The normalized spacial score (nSPS) is 11.6. The second-order valence-corrected chi connectivity index (χ2v) is 10.1. The minimum absolute atomic E-state index is 0.154. The zero-order valence-corrected chi connectivity index (χ0v) is 24.1. The van der Waals surface area contributed by atoms with Crippen LogP contribution in [-0.4, -0.2) is 79.9 Å². The van der Waals surface area contributed by atoms with Crippen molar-refractivity contribution >= 4 is 5.97 Å². The molecule has 0 atom stereocenters. The first-order valence-corrected chi connectivity index (χ1v) is 14.5. The van der Waals surface area contributed by atoms with Gasteiger partial charge in [-0.05, 0) is 69.9 Å². The number of esters is 1. The van der Waals surface area contributed by atoms with Gasteiger partial charge in [0, 0.05) is 37.9 Å². The van der Waals surface area contributed by atoms with Crippen LogP contribution in [0.25, 0.3) is 0 Å². The first-order valence-electron chi connectivity index (χ1n) is 14.5.